The Labute approximate surface area is 140 Å². The number of alkyl halides is 1. The summed E-state index contributed by atoms with van der Waals surface area (Å²) in [5, 5.41) is 7.25. The van der Waals surface area contributed by atoms with Crippen LogP contribution in [0.25, 0.3) is 0 Å². The molecule has 1 aliphatic carbocycles. The summed E-state index contributed by atoms with van der Waals surface area (Å²) < 4.78 is 19.2. The normalized spacial score (nSPS) is 24.4. The fourth-order valence-electron chi connectivity index (χ4n) is 3.25. The number of aromatic nitrogens is 3. The number of anilines is 1. The number of nitrogens with one attached hydrogen (secondary N) is 1. The highest BCUT2D eigenvalue weighted by atomic mass is 19.1. The van der Waals surface area contributed by atoms with Gasteiger partial charge in [-0.3, -0.25) is 4.90 Å². The molecule has 1 aliphatic heterocycles. The van der Waals surface area contributed by atoms with Crippen LogP contribution in [-0.4, -0.2) is 45.3 Å². The summed E-state index contributed by atoms with van der Waals surface area (Å²) in [5.74, 6) is 3.05. The lowest BCUT2D eigenvalue weighted by atomic mass is 10.2. The summed E-state index contributed by atoms with van der Waals surface area (Å²) in [5.41, 5.74) is 0.851. The average Bonchev–Trinajstić information content (AvgIpc) is 3.26. The molecule has 2 fully saturated rings. The van der Waals surface area contributed by atoms with Crippen LogP contribution in [0.1, 0.15) is 42.5 Å². The van der Waals surface area contributed by atoms with Gasteiger partial charge in [-0.15, -0.1) is 0 Å². The number of hydrogen-bond acceptors (Lipinski definition) is 6. The fourth-order valence-corrected chi connectivity index (χ4v) is 3.25. The second kappa shape index (κ2) is 6.47. The molecule has 0 spiro atoms. The van der Waals surface area contributed by atoms with Crippen molar-refractivity contribution in [2.45, 2.75) is 50.9 Å². The highest BCUT2D eigenvalue weighted by Crippen LogP contribution is 2.38. The highest BCUT2D eigenvalue weighted by molar-refractivity contribution is 5.34. The molecule has 2 atom stereocenters. The second-order valence-corrected chi connectivity index (χ2v) is 6.81. The van der Waals surface area contributed by atoms with Crippen LogP contribution in [0.2, 0.25) is 0 Å². The minimum absolute atomic E-state index is 0.116. The molecule has 1 saturated carbocycles. The molecule has 1 saturated heterocycles. The van der Waals surface area contributed by atoms with Crippen LogP contribution < -0.4 is 5.32 Å². The molecule has 0 amide bonds. The van der Waals surface area contributed by atoms with E-state index in [0.29, 0.717) is 32.0 Å². The first kappa shape index (κ1) is 15.5. The van der Waals surface area contributed by atoms with E-state index in [1.54, 1.807) is 6.20 Å². The van der Waals surface area contributed by atoms with Gasteiger partial charge in [0.1, 0.15) is 17.8 Å². The number of hydrogen-bond donors (Lipinski definition) is 1. The van der Waals surface area contributed by atoms with Crippen molar-refractivity contribution in [3.05, 3.63) is 35.6 Å². The Morgan fingerprint density at radius 1 is 1.42 bits per heavy atom. The lowest BCUT2D eigenvalue weighted by molar-refractivity contribution is 0.212. The van der Waals surface area contributed by atoms with Crippen molar-refractivity contribution in [1.82, 2.24) is 20.0 Å². The SMILES string of the molecule is Cc1cc(CN2C[C@@H](F)C[C@H]2CNc2ccnc(C3CC3)n2)on1. The van der Waals surface area contributed by atoms with Gasteiger partial charge in [0.2, 0.25) is 0 Å². The standard InChI is InChI=1S/C17H22FN5O/c1-11-6-15(24-22-11)10-23-9-13(18)7-14(23)8-20-16-4-5-19-17(21-16)12-2-3-12/h4-6,12-14H,2-3,7-10H2,1H3,(H,19,20,21)/t13-,14-/m0/s1. The molecule has 3 heterocycles. The van der Waals surface area contributed by atoms with Crippen LogP contribution >= 0.6 is 0 Å². The van der Waals surface area contributed by atoms with Crippen LogP contribution in [0.4, 0.5) is 10.2 Å². The molecule has 0 bridgehead atoms. The molecule has 0 unspecified atom stereocenters. The molecule has 2 aromatic heterocycles. The lowest BCUT2D eigenvalue weighted by Crippen LogP contribution is -2.34. The Morgan fingerprint density at radius 3 is 3.04 bits per heavy atom. The van der Waals surface area contributed by atoms with Gasteiger partial charge in [0.05, 0.1) is 12.2 Å². The van der Waals surface area contributed by atoms with Gasteiger partial charge in [-0.05, 0) is 32.3 Å². The van der Waals surface area contributed by atoms with Crippen molar-refractivity contribution in [2.75, 3.05) is 18.4 Å². The van der Waals surface area contributed by atoms with Crippen molar-refractivity contribution in [1.29, 1.82) is 0 Å². The van der Waals surface area contributed by atoms with Gasteiger partial charge in [0, 0.05) is 37.3 Å². The average molecular weight is 331 g/mol. The first-order valence-corrected chi connectivity index (χ1v) is 8.54. The zero-order valence-electron chi connectivity index (χ0n) is 13.8. The Bertz CT molecular complexity index is 702. The minimum Gasteiger partial charge on any atom is -0.368 e. The smallest absolute Gasteiger partial charge is 0.150 e. The van der Waals surface area contributed by atoms with Gasteiger partial charge >= 0.3 is 0 Å². The summed E-state index contributed by atoms with van der Waals surface area (Å²) in [4.78, 5) is 11.0. The summed E-state index contributed by atoms with van der Waals surface area (Å²) in [7, 11) is 0. The monoisotopic (exact) mass is 331 g/mol. The van der Waals surface area contributed by atoms with E-state index < -0.39 is 6.17 Å². The predicted octanol–water partition coefficient (Wildman–Crippen LogP) is 2.67. The maximum absolute atomic E-state index is 13.9. The van der Waals surface area contributed by atoms with Crippen molar-refractivity contribution in [3.63, 3.8) is 0 Å². The van der Waals surface area contributed by atoms with E-state index in [0.717, 1.165) is 23.1 Å². The van der Waals surface area contributed by atoms with E-state index in [-0.39, 0.29) is 6.04 Å². The molecule has 2 aliphatic rings. The zero-order valence-corrected chi connectivity index (χ0v) is 13.8. The molecule has 2 aromatic rings. The number of nitrogens with zero attached hydrogens (tertiary/aromatic N) is 4. The third kappa shape index (κ3) is 3.56. The molecule has 24 heavy (non-hydrogen) atoms. The molecule has 6 nitrogen and oxygen atoms in total. The molecule has 128 valence electrons. The second-order valence-electron chi connectivity index (χ2n) is 6.81. The molecular formula is C17H22FN5O. The zero-order chi connectivity index (χ0) is 16.5. The highest BCUT2D eigenvalue weighted by Gasteiger charge is 2.33. The number of rotatable bonds is 6. The Morgan fingerprint density at radius 2 is 2.29 bits per heavy atom. The number of likely N-dealkylation sites (tertiary alicyclic amines) is 1. The van der Waals surface area contributed by atoms with Gasteiger partial charge < -0.3 is 9.84 Å². The van der Waals surface area contributed by atoms with Crippen molar-refractivity contribution < 1.29 is 8.91 Å². The molecule has 1 N–H and O–H groups in total. The van der Waals surface area contributed by atoms with Gasteiger partial charge in [0.15, 0.2) is 5.76 Å². The van der Waals surface area contributed by atoms with E-state index in [1.807, 2.05) is 19.1 Å². The van der Waals surface area contributed by atoms with Crippen molar-refractivity contribution >= 4 is 5.82 Å². The summed E-state index contributed by atoms with van der Waals surface area (Å²) in [6, 6.07) is 3.89. The van der Waals surface area contributed by atoms with Crippen LogP contribution in [0, 0.1) is 6.92 Å². The topological polar surface area (TPSA) is 67.1 Å². The summed E-state index contributed by atoms with van der Waals surface area (Å²) >= 11 is 0. The predicted molar refractivity (Wildman–Crippen MR) is 87.4 cm³/mol. The minimum atomic E-state index is -0.798. The Hall–Kier alpha value is -2.02. The van der Waals surface area contributed by atoms with Crippen LogP contribution in [0.15, 0.2) is 22.9 Å². The van der Waals surface area contributed by atoms with E-state index in [2.05, 4.69) is 25.3 Å². The lowest BCUT2D eigenvalue weighted by Gasteiger charge is -2.23. The number of aryl methyl sites for hydroxylation is 1. The van der Waals surface area contributed by atoms with Gasteiger partial charge in [0.25, 0.3) is 0 Å². The first-order valence-electron chi connectivity index (χ1n) is 8.54. The molecule has 7 heteroatoms. The van der Waals surface area contributed by atoms with Crippen LogP contribution in [-0.2, 0) is 6.54 Å². The summed E-state index contributed by atoms with van der Waals surface area (Å²) in [6.07, 6.45) is 3.89. The van der Waals surface area contributed by atoms with Crippen LogP contribution in [0.5, 0.6) is 0 Å². The van der Waals surface area contributed by atoms with Gasteiger partial charge in [-0.1, -0.05) is 5.16 Å². The quantitative estimate of drug-likeness (QED) is 0.878. The summed E-state index contributed by atoms with van der Waals surface area (Å²) in [6.45, 7) is 3.57. The molecule has 0 radical (unpaired) electrons. The Balaban J connectivity index is 1.37. The maximum Gasteiger partial charge on any atom is 0.150 e. The van der Waals surface area contributed by atoms with Crippen molar-refractivity contribution in [2.24, 2.45) is 0 Å². The van der Waals surface area contributed by atoms with Crippen LogP contribution in [0.3, 0.4) is 0 Å². The van der Waals surface area contributed by atoms with Crippen molar-refractivity contribution in [3.8, 4) is 0 Å². The van der Waals surface area contributed by atoms with Gasteiger partial charge in [-0.2, -0.15) is 0 Å². The third-order valence-corrected chi connectivity index (χ3v) is 4.65. The number of halogens is 1. The maximum atomic E-state index is 13.9. The van der Waals surface area contributed by atoms with E-state index in [4.69, 9.17) is 4.52 Å². The van der Waals surface area contributed by atoms with E-state index in [9.17, 15) is 4.39 Å². The third-order valence-electron chi connectivity index (χ3n) is 4.65. The largest absolute Gasteiger partial charge is 0.368 e. The molecule has 0 aromatic carbocycles. The first-order chi connectivity index (χ1) is 11.7. The van der Waals surface area contributed by atoms with Gasteiger partial charge in [-0.25, -0.2) is 14.4 Å². The molecule has 4 rings (SSSR count). The fraction of sp³-hybridized carbons (Fsp3) is 0.588. The Kier molecular flexibility index (Phi) is 4.18. The molecular weight excluding hydrogens is 309 g/mol. The van der Waals surface area contributed by atoms with E-state index >= 15 is 0 Å². The van der Waals surface area contributed by atoms with E-state index in [1.165, 1.54) is 12.8 Å².